The van der Waals surface area contributed by atoms with Crippen LogP contribution in [-0.4, -0.2) is 46.9 Å². The van der Waals surface area contributed by atoms with Gasteiger partial charge in [-0.3, -0.25) is 9.59 Å². The third kappa shape index (κ3) is 3.50. The number of hydrogen-bond donors (Lipinski definition) is 0. The largest absolute Gasteiger partial charge is 0.381 e. The van der Waals surface area contributed by atoms with Gasteiger partial charge in [0.1, 0.15) is 0 Å². The van der Waals surface area contributed by atoms with E-state index in [4.69, 9.17) is 4.74 Å². The molecule has 3 aliphatic rings. The van der Waals surface area contributed by atoms with Gasteiger partial charge in [0.05, 0.1) is 17.7 Å². The smallest absolute Gasteiger partial charge is 0.266 e. The zero-order valence-corrected chi connectivity index (χ0v) is 16.6. The van der Waals surface area contributed by atoms with Crippen molar-refractivity contribution in [3.8, 4) is 0 Å². The summed E-state index contributed by atoms with van der Waals surface area (Å²) in [4.78, 5) is 27.7. The van der Waals surface area contributed by atoms with Gasteiger partial charge >= 0.3 is 0 Å². The quantitative estimate of drug-likeness (QED) is 0.782. The summed E-state index contributed by atoms with van der Waals surface area (Å²) >= 11 is 0. The van der Waals surface area contributed by atoms with Crippen LogP contribution in [0.25, 0.3) is 0 Å². The van der Waals surface area contributed by atoms with Crippen LogP contribution in [0.1, 0.15) is 42.9 Å². The molecule has 5 rings (SSSR count). The van der Waals surface area contributed by atoms with Crippen LogP contribution in [0.15, 0.2) is 47.3 Å². The van der Waals surface area contributed by atoms with Gasteiger partial charge in [0.2, 0.25) is 5.91 Å². The van der Waals surface area contributed by atoms with E-state index < -0.39 is 5.41 Å². The van der Waals surface area contributed by atoms with Gasteiger partial charge in [0.15, 0.2) is 0 Å². The lowest BCUT2D eigenvalue weighted by atomic mass is 9.72. The third-order valence-electron chi connectivity index (χ3n) is 6.64. The fourth-order valence-corrected chi connectivity index (χ4v) is 4.69. The Morgan fingerprint density at radius 3 is 2.48 bits per heavy atom. The zero-order chi connectivity index (χ0) is 19.8. The van der Waals surface area contributed by atoms with E-state index in [1.165, 1.54) is 12.8 Å². The van der Waals surface area contributed by atoms with Crippen molar-refractivity contribution in [3.63, 3.8) is 0 Å². The van der Waals surface area contributed by atoms with Crippen LogP contribution in [0.4, 0.5) is 0 Å². The van der Waals surface area contributed by atoms with E-state index in [9.17, 15) is 9.59 Å². The lowest BCUT2D eigenvalue weighted by molar-refractivity contribution is -0.148. The summed E-state index contributed by atoms with van der Waals surface area (Å²) in [5.74, 6) is 1.02. The van der Waals surface area contributed by atoms with Crippen LogP contribution in [0.2, 0.25) is 0 Å². The summed E-state index contributed by atoms with van der Waals surface area (Å²) in [6.45, 7) is 3.20. The van der Waals surface area contributed by atoms with Gasteiger partial charge in [-0.05, 0) is 37.3 Å². The highest BCUT2D eigenvalue weighted by atomic mass is 16.5. The molecule has 0 atom stereocenters. The molecule has 152 valence electrons. The number of ether oxygens (including phenoxy) is 1. The molecule has 1 aromatic carbocycles. The number of carbonyl (C=O) groups excluding carboxylic acids is 1. The van der Waals surface area contributed by atoms with Gasteiger partial charge in [0.25, 0.3) is 5.56 Å². The highest BCUT2D eigenvalue weighted by Gasteiger charge is 2.47. The molecule has 6 nitrogen and oxygen atoms in total. The molecule has 0 N–H and O–H groups in total. The molecular weight excluding hydrogens is 366 g/mol. The van der Waals surface area contributed by atoms with E-state index in [0.717, 1.165) is 24.1 Å². The van der Waals surface area contributed by atoms with E-state index >= 15 is 0 Å². The fourth-order valence-electron chi connectivity index (χ4n) is 4.69. The first kappa shape index (κ1) is 18.6. The van der Waals surface area contributed by atoms with Crippen LogP contribution in [0.5, 0.6) is 0 Å². The maximum absolute atomic E-state index is 13.5. The van der Waals surface area contributed by atoms with Crippen molar-refractivity contribution in [2.75, 3.05) is 26.3 Å². The average Bonchev–Trinajstić information content (AvgIpc) is 3.58. The third-order valence-corrected chi connectivity index (χ3v) is 6.64. The van der Waals surface area contributed by atoms with Crippen molar-refractivity contribution in [1.82, 2.24) is 14.7 Å². The molecular formula is C23H27N3O3. The van der Waals surface area contributed by atoms with Crippen molar-refractivity contribution in [2.45, 2.75) is 43.6 Å². The molecule has 3 fully saturated rings. The second kappa shape index (κ2) is 7.41. The Balaban J connectivity index is 1.28. The van der Waals surface area contributed by atoms with Crippen LogP contribution in [0.3, 0.4) is 0 Å². The van der Waals surface area contributed by atoms with Gasteiger partial charge < -0.3 is 9.64 Å². The van der Waals surface area contributed by atoms with Gasteiger partial charge in [-0.25, -0.2) is 4.68 Å². The highest BCUT2D eigenvalue weighted by molar-refractivity contribution is 5.89. The minimum atomic E-state index is -0.481. The monoisotopic (exact) mass is 393 g/mol. The second-order valence-corrected chi connectivity index (χ2v) is 8.69. The second-order valence-electron chi connectivity index (χ2n) is 8.69. The van der Waals surface area contributed by atoms with E-state index in [0.29, 0.717) is 38.8 Å². The Bertz CT molecular complexity index is 939. The van der Waals surface area contributed by atoms with Gasteiger partial charge in [-0.1, -0.05) is 30.3 Å². The molecule has 3 heterocycles. The van der Waals surface area contributed by atoms with Crippen molar-refractivity contribution < 1.29 is 9.53 Å². The fraction of sp³-hybridized carbons (Fsp3) is 0.522. The minimum Gasteiger partial charge on any atom is -0.381 e. The first-order chi connectivity index (χ1) is 14.2. The number of carbonyl (C=O) groups is 1. The van der Waals surface area contributed by atoms with E-state index in [-0.39, 0.29) is 17.4 Å². The first-order valence-electron chi connectivity index (χ1n) is 10.7. The standard InChI is InChI=1S/C23H27N3O3/c27-21-9-8-20(18-6-7-18)24-26(21)16-17-14-25(15-17)22(28)23(10-12-29-13-11-23)19-4-2-1-3-5-19/h1-5,8-9,17-18H,6-7,10-16H2. The summed E-state index contributed by atoms with van der Waals surface area (Å²) in [6.07, 6.45) is 3.79. The number of likely N-dealkylation sites (tertiary alicyclic amines) is 1. The average molecular weight is 393 g/mol. The number of nitrogens with zero attached hydrogens (tertiary/aromatic N) is 3. The predicted octanol–water partition coefficient (Wildman–Crippen LogP) is 2.33. The van der Waals surface area contributed by atoms with Crippen molar-refractivity contribution in [1.29, 1.82) is 0 Å². The molecule has 2 saturated heterocycles. The van der Waals surface area contributed by atoms with E-state index in [1.54, 1.807) is 10.7 Å². The first-order valence-corrected chi connectivity index (χ1v) is 10.7. The lowest BCUT2D eigenvalue weighted by Crippen LogP contribution is -2.59. The molecule has 1 amide bonds. The van der Waals surface area contributed by atoms with Crippen LogP contribution >= 0.6 is 0 Å². The lowest BCUT2D eigenvalue weighted by Gasteiger charge is -2.46. The van der Waals surface area contributed by atoms with E-state index in [2.05, 4.69) is 17.2 Å². The highest BCUT2D eigenvalue weighted by Crippen LogP contribution is 2.39. The van der Waals surface area contributed by atoms with E-state index in [1.807, 2.05) is 29.2 Å². The number of amides is 1. The molecule has 0 spiro atoms. The summed E-state index contributed by atoms with van der Waals surface area (Å²) < 4.78 is 7.16. The normalized spacial score (nSPS) is 21.6. The van der Waals surface area contributed by atoms with Crippen molar-refractivity contribution in [2.24, 2.45) is 5.92 Å². The number of benzene rings is 1. The predicted molar refractivity (Wildman–Crippen MR) is 109 cm³/mol. The summed E-state index contributed by atoms with van der Waals surface area (Å²) in [6, 6.07) is 13.6. The van der Waals surface area contributed by atoms with Gasteiger partial charge in [0, 0.05) is 44.2 Å². The molecule has 2 aliphatic heterocycles. The van der Waals surface area contributed by atoms with Crippen LogP contribution < -0.4 is 5.56 Å². The zero-order valence-electron chi connectivity index (χ0n) is 16.6. The molecule has 0 bridgehead atoms. The van der Waals surface area contributed by atoms with Crippen LogP contribution in [0, 0.1) is 5.92 Å². The molecule has 0 radical (unpaired) electrons. The van der Waals surface area contributed by atoms with Crippen molar-refractivity contribution >= 4 is 5.91 Å². The molecule has 29 heavy (non-hydrogen) atoms. The van der Waals surface area contributed by atoms with Gasteiger partial charge in [-0.15, -0.1) is 0 Å². The van der Waals surface area contributed by atoms with Gasteiger partial charge in [-0.2, -0.15) is 5.10 Å². The Hall–Kier alpha value is -2.47. The topological polar surface area (TPSA) is 64.4 Å². The summed E-state index contributed by atoms with van der Waals surface area (Å²) in [5.41, 5.74) is 1.59. The Labute approximate surface area is 170 Å². The Morgan fingerprint density at radius 1 is 1.07 bits per heavy atom. The molecule has 2 aromatic rings. The molecule has 0 unspecified atom stereocenters. The Kier molecular flexibility index (Phi) is 4.74. The minimum absolute atomic E-state index is 0.0515. The van der Waals surface area contributed by atoms with Crippen LogP contribution in [-0.2, 0) is 21.5 Å². The number of hydrogen-bond acceptors (Lipinski definition) is 4. The molecule has 1 saturated carbocycles. The SMILES string of the molecule is O=C(N1CC(Cn2nc(C3CC3)ccc2=O)C1)C1(c2ccccc2)CCOCC1. The molecule has 6 heteroatoms. The summed E-state index contributed by atoms with van der Waals surface area (Å²) in [5, 5.41) is 4.56. The Morgan fingerprint density at radius 2 is 1.79 bits per heavy atom. The number of aromatic nitrogens is 2. The molecule has 1 aromatic heterocycles. The molecule has 1 aliphatic carbocycles. The van der Waals surface area contributed by atoms with Crippen molar-refractivity contribution in [3.05, 3.63) is 64.1 Å². The maximum Gasteiger partial charge on any atom is 0.266 e. The maximum atomic E-state index is 13.5. The number of rotatable bonds is 5. The summed E-state index contributed by atoms with van der Waals surface area (Å²) in [7, 11) is 0.